The molecule has 110 valence electrons. The molecule has 0 saturated heterocycles. The molecule has 0 aliphatic carbocycles. The molecule has 0 spiro atoms. The molecule has 1 aromatic carbocycles. The lowest BCUT2D eigenvalue weighted by Crippen LogP contribution is -2.33. The first kappa shape index (κ1) is 16.7. The fraction of sp³-hybridized carbons (Fsp3) is 0.333. The summed E-state index contributed by atoms with van der Waals surface area (Å²) in [5.41, 5.74) is 3.99. The lowest BCUT2D eigenvalue weighted by molar-refractivity contribution is -0.137. The van der Waals surface area contributed by atoms with Crippen LogP contribution in [-0.2, 0) is 11.0 Å². The van der Waals surface area contributed by atoms with Gasteiger partial charge in [0.1, 0.15) is 0 Å². The van der Waals surface area contributed by atoms with Gasteiger partial charge in [0.2, 0.25) is 5.91 Å². The maximum atomic E-state index is 12.9. The zero-order chi connectivity index (χ0) is 15.5. The van der Waals surface area contributed by atoms with Crippen LogP contribution in [0.5, 0.6) is 0 Å². The Balaban J connectivity index is 3.10. The van der Waals surface area contributed by atoms with E-state index in [-0.39, 0.29) is 15.7 Å². The van der Waals surface area contributed by atoms with Crippen LogP contribution in [-0.4, -0.2) is 10.9 Å². The molecule has 1 aromatic rings. The maximum Gasteiger partial charge on any atom is 0.418 e. The van der Waals surface area contributed by atoms with E-state index in [4.69, 9.17) is 29.6 Å². The molecule has 3 N–H and O–H groups in total. The van der Waals surface area contributed by atoms with E-state index in [1.165, 1.54) is 6.07 Å². The fourth-order valence-electron chi connectivity index (χ4n) is 1.60. The van der Waals surface area contributed by atoms with Crippen molar-refractivity contribution in [2.75, 3.05) is 5.32 Å². The van der Waals surface area contributed by atoms with E-state index < -0.39 is 23.6 Å². The number of halogens is 4. The number of amides is 1. The number of anilines is 1. The molecule has 0 radical (unpaired) electrons. The predicted octanol–water partition coefficient (Wildman–Crippen LogP) is 3.61. The molecule has 0 saturated carbocycles. The van der Waals surface area contributed by atoms with E-state index in [2.05, 4.69) is 5.32 Å². The van der Waals surface area contributed by atoms with E-state index >= 15 is 0 Å². The van der Waals surface area contributed by atoms with Crippen LogP contribution >= 0.6 is 23.8 Å². The first-order valence-electron chi connectivity index (χ1n) is 5.63. The van der Waals surface area contributed by atoms with Gasteiger partial charge < -0.3 is 11.1 Å². The van der Waals surface area contributed by atoms with Crippen molar-refractivity contribution in [2.24, 2.45) is 11.7 Å². The van der Waals surface area contributed by atoms with E-state index in [1.54, 1.807) is 6.92 Å². The molecule has 20 heavy (non-hydrogen) atoms. The Labute approximate surface area is 124 Å². The van der Waals surface area contributed by atoms with Crippen LogP contribution in [0.3, 0.4) is 0 Å². The second kappa shape index (κ2) is 6.41. The van der Waals surface area contributed by atoms with E-state index in [1.807, 2.05) is 0 Å². The highest BCUT2D eigenvalue weighted by Crippen LogP contribution is 2.36. The molecule has 1 rings (SSSR count). The zero-order valence-corrected chi connectivity index (χ0v) is 12.0. The van der Waals surface area contributed by atoms with Crippen LogP contribution in [0.15, 0.2) is 18.2 Å². The summed E-state index contributed by atoms with van der Waals surface area (Å²) < 4.78 is 38.6. The monoisotopic (exact) mass is 324 g/mol. The number of hydrogen-bond donors (Lipinski definition) is 2. The molecule has 0 heterocycles. The molecule has 8 heteroatoms. The summed E-state index contributed by atoms with van der Waals surface area (Å²) in [7, 11) is 0. The second-order valence-corrected chi connectivity index (χ2v) is 4.95. The molecule has 0 bridgehead atoms. The van der Waals surface area contributed by atoms with Crippen molar-refractivity contribution >= 4 is 40.4 Å². The number of hydrogen-bond acceptors (Lipinski definition) is 2. The minimum absolute atomic E-state index is 0.0625. The minimum atomic E-state index is -4.63. The molecule has 0 aliphatic heterocycles. The summed E-state index contributed by atoms with van der Waals surface area (Å²) in [5, 5.41) is 2.12. The average molecular weight is 325 g/mol. The molecule has 0 aliphatic rings. The number of nitrogens with one attached hydrogen (secondary N) is 1. The molecular weight excluding hydrogens is 313 g/mol. The standard InChI is InChI=1S/C12H12ClF3N2OS/c1-2-7(10(17)20)11(19)18-9-4-3-6(13)5-8(9)12(14,15)16/h3-5,7H,2H2,1H3,(H2,17,20)(H,18,19). The van der Waals surface area contributed by atoms with Crippen molar-refractivity contribution < 1.29 is 18.0 Å². The van der Waals surface area contributed by atoms with Gasteiger partial charge in [-0.25, -0.2) is 0 Å². The van der Waals surface area contributed by atoms with Crippen LogP contribution in [0.4, 0.5) is 18.9 Å². The Morgan fingerprint density at radius 1 is 1.50 bits per heavy atom. The SMILES string of the molecule is CCC(C(=O)Nc1ccc(Cl)cc1C(F)(F)F)C(N)=S. The number of alkyl halides is 3. The van der Waals surface area contributed by atoms with Gasteiger partial charge in [-0.05, 0) is 24.6 Å². The Bertz CT molecular complexity index is 534. The molecular formula is C12H12ClF3N2OS. The van der Waals surface area contributed by atoms with Crippen molar-refractivity contribution in [1.29, 1.82) is 0 Å². The van der Waals surface area contributed by atoms with E-state index in [0.717, 1.165) is 12.1 Å². The lowest BCUT2D eigenvalue weighted by Gasteiger charge is -2.17. The summed E-state index contributed by atoms with van der Waals surface area (Å²) in [6, 6.07) is 3.10. The average Bonchev–Trinajstić information content (AvgIpc) is 2.30. The smallest absolute Gasteiger partial charge is 0.393 e. The van der Waals surface area contributed by atoms with Crippen LogP contribution < -0.4 is 11.1 Å². The third kappa shape index (κ3) is 4.08. The van der Waals surface area contributed by atoms with Crippen molar-refractivity contribution in [1.82, 2.24) is 0 Å². The summed E-state index contributed by atoms with van der Waals surface area (Å²) in [5.74, 6) is -1.49. The predicted molar refractivity (Wildman–Crippen MR) is 75.7 cm³/mol. The van der Waals surface area contributed by atoms with Gasteiger partial charge in [-0.15, -0.1) is 0 Å². The van der Waals surface area contributed by atoms with Crippen molar-refractivity contribution in [3.05, 3.63) is 28.8 Å². The number of benzene rings is 1. The third-order valence-electron chi connectivity index (χ3n) is 2.61. The van der Waals surface area contributed by atoms with Crippen LogP contribution in [0, 0.1) is 5.92 Å². The van der Waals surface area contributed by atoms with Gasteiger partial charge in [-0.1, -0.05) is 30.7 Å². The van der Waals surface area contributed by atoms with Gasteiger partial charge in [-0.3, -0.25) is 4.79 Å². The second-order valence-electron chi connectivity index (χ2n) is 4.04. The van der Waals surface area contributed by atoms with Crippen LogP contribution in [0.25, 0.3) is 0 Å². The fourth-order valence-corrected chi connectivity index (χ4v) is 2.04. The number of rotatable bonds is 4. The van der Waals surface area contributed by atoms with E-state index in [0.29, 0.717) is 6.42 Å². The van der Waals surface area contributed by atoms with Gasteiger partial charge in [0.25, 0.3) is 0 Å². The minimum Gasteiger partial charge on any atom is -0.393 e. The number of thiocarbonyl (C=S) groups is 1. The topological polar surface area (TPSA) is 55.1 Å². The van der Waals surface area contributed by atoms with Gasteiger partial charge in [0, 0.05) is 5.02 Å². The molecule has 1 unspecified atom stereocenters. The number of carbonyl (C=O) groups is 1. The maximum absolute atomic E-state index is 12.9. The lowest BCUT2D eigenvalue weighted by atomic mass is 10.1. The largest absolute Gasteiger partial charge is 0.418 e. The number of carbonyl (C=O) groups excluding carboxylic acids is 1. The quantitative estimate of drug-likeness (QED) is 0.832. The molecule has 0 fully saturated rings. The summed E-state index contributed by atoms with van der Waals surface area (Å²) in [4.78, 5) is 11.8. The van der Waals surface area contributed by atoms with Gasteiger partial charge >= 0.3 is 6.18 Å². The summed E-state index contributed by atoms with van der Waals surface area (Å²) >= 11 is 10.3. The first-order valence-corrected chi connectivity index (χ1v) is 6.42. The highest BCUT2D eigenvalue weighted by molar-refractivity contribution is 7.80. The Morgan fingerprint density at radius 3 is 2.55 bits per heavy atom. The third-order valence-corrected chi connectivity index (χ3v) is 3.13. The Morgan fingerprint density at radius 2 is 2.10 bits per heavy atom. The van der Waals surface area contributed by atoms with Gasteiger partial charge in [0.15, 0.2) is 0 Å². The van der Waals surface area contributed by atoms with Crippen molar-refractivity contribution in [3.63, 3.8) is 0 Å². The van der Waals surface area contributed by atoms with Crippen LogP contribution in [0.2, 0.25) is 5.02 Å². The summed E-state index contributed by atoms with van der Waals surface area (Å²) in [6.07, 6.45) is -4.32. The Kier molecular flexibility index (Phi) is 5.35. The molecule has 0 aromatic heterocycles. The highest BCUT2D eigenvalue weighted by Gasteiger charge is 2.34. The van der Waals surface area contributed by atoms with Gasteiger partial charge in [-0.2, -0.15) is 13.2 Å². The Hall–Kier alpha value is -1.34. The van der Waals surface area contributed by atoms with E-state index in [9.17, 15) is 18.0 Å². The molecule has 1 atom stereocenters. The number of nitrogens with two attached hydrogens (primary N) is 1. The van der Waals surface area contributed by atoms with Gasteiger partial charge in [0.05, 0.1) is 22.2 Å². The summed E-state index contributed by atoms with van der Waals surface area (Å²) in [6.45, 7) is 1.66. The van der Waals surface area contributed by atoms with Crippen molar-refractivity contribution in [3.8, 4) is 0 Å². The first-order chi connectivity index (χ1) is 9.16. The van der Waals surface area contributed by atoms with Crippen LogP contribution in [0.1, 0.15) is 18.9 Å². The highest BCUT2D eigenvalue weighted by atomic mass is 35.5. The van der Waals surface area contributed by atoms with Crippen molar-refractivity contribution in [2.45, 2.75) is 19.5 Å². The molecule has 3 nitrogen and oxygen atoms in total. The normalized spacial score (nSPS) is 12.8. The molecule has 1 amide bonds. The zero-order valence-electron chi connectivity index (χ0n) is 10.4.